The van der Waals surface area contributed by atoms with Crippen LogP contribution in [-0.4, -0.2) is 37.9 Å². The zero-order chi connectivity index (χ0) is 26.9. The molecule has 0 heterocycles. The van der Waals surface area contributed by atoms with Gasteiger partial charge >= 0.3 is 10.5 Å². The summed E-state index contributed by atoms with van der Waals surface area (Å²) in [5.74, 6) is -0.479. The van der Waals surface area contributed by atoms with Gasteiger partial charge in [-0.1, -0.05) is 128 Å². The molecule has 0 aliphatic carbocycles. The van der Waals surface area contributed by atoms with Crippen molar-refractivity contribution in [3.63, 3.8) is 0 Å². The van der Waals surface area contributed by atoms with Crippen molar-refractivity contribution in [2.45, 2.75) is 110 Å². The van der Waals surface area contributed by atoms with Gasteiger partial charge in [0.2, 0.25) is 0 Å². The van der Waals surface area contributed by atoms with Crippen LogP contribution in [0.4, 0.5) is 5.69 Å². The lowest BCUT2D eigenvalue weighted by atomic mass is 10.0. The number of fused-ring (bicyclic) bond motifs is 1. The number of phenols is 1. The van der Waals surface area contributed by atoms with Gasteiger partial charge in [-0.2, -0.15) is 8.42 Å². The highest BCUT2D eigenvalue weighted by Crippen LogP contribution is 2.36. The predicted octanol–water partition coefficient (Wildman–Crippen LogP) is 8.57. The lowest BCUT2D eigenvalue weighted by molar-refractivity contribution is 0.0790. The number of aromatic hydroxyl groups is 1. The van der Waals surface area contributed by atoms with Gasteiger partial charge in [-0.25, -0.2) is 0 Å². The van der Waals surface area contributed by atoms with E-state index in [-0.39, 0.29) is 22.9 Å². The molecule has 1 N–H and O–H groups in total. The fourth-order valence-electron chi connectivity index (χ4n) is 4.86. The van der Waals surface area contributed by atoms with Crippen molar-refractivity contribution in [3.05, 3.63) is 35.9 Å². The number of hydrogen-bond donors (Lipinski definition) is 1. The zero-order valence-electron chi connectivity index (χ0n) is 22.9. The number of carbonyl (C=O) groups excluding carboxylic acids is 1. The quantitative estimate of drug-likeness (QED) is 0.184. The lowest BCUT2D eigenvalue weighted by Gasteiger charge is -2.19. The Balaban J connectivity index is 1.64. The normalized spacial score (nSPS) is 11.1. The molecule has 0 unspecified atom stereocenters. The molecule has 6 nitrogen and oxygen atoms in total. The summed E-state index contributed by atoms with van der Waals surface area (Å²) in [4.78, 5) is 14.6. The molecule has 0 aromatic heterocycles. The van der Waals surface area contributed by atoms with E-state index in [1.54, 1.807) is 36.2 Å². The summed E-state index contributed by atoms with van der Waals surface area (Å²) in [6.07, 6.45) is 20.8. The molecule has 2 aromatic rings. The second-order valence-corrected chi connectivity index (χ2v) is 10.8. The number of carbonyl (C=O) groups is 1. The van der Waals surface area contributed by atoms with Gasteiger partial charge in [0.25, 0.3) is 5.91 Å². The predicted molar refractivity (Wildman–Crippen MR) is 153 cm³/mol. The summed E-state index contributed by atoms with van der Waals surface area (Å²) in [6, 6.07) is 8.16. The lowest BCUT2D eigenvalue weighted by Crippen LogP contribution is -2.27. The van der Waals surface area contributed by atoms with Crippen LogP contribution in [-0.2, 0) is 10.5 Å². The average Bonchev–Trinajstić information content (AvgIpc) is 2.89. The van der Waals surface area contributed by atoms with Crippen LogP contribution in [0.2, 0.25) is 0 Å². The van der Waals surface area contributed by atoms with Crippen molar-refractivity contribution in [1.29, 1.82) is 0 Å². The van der Waals surface area contributed by atoms with Crippen LogP contribution in [0, 0.1) is 0 Å². The number of benzene rings is 2. The number of hydrogen-bond acceptors (Lipinski definition) is 5. The molecule has 2 rings (SSSR count). The van der Waals surface area contributed by atoms with Gasteiger partial charge in [0, 0.05) is 24.4 Å². The first kappa shape index (κ1) is 30.8. The topological polar surface area (TPSA) is 87.0 Å². The molecule has 0 spiro atoms. The zero-order valence-corrected chi connectivity index (χ0v) is 23.7. The van der Waals surface area contributed by atoms with Crippen LogP contribution in [0.25, 0.3) is 10.8 Å². The molecule has 0 aliphatic rings. The van der Waals surface area contributed by atoms with Gasteiger partial charge in [-0.3, -0.25) is 4.79 Å². The second-order valence-electron chi connectivity index (χ2n) is 10.2. The van der Waals surface area contributed by atoms with Gasteiger partial charge in [0.05, 0.1) is 11.3 Å². The van der Waals surface area contributed by atoms with Crippen LogP contribution in [0.3, 0.4) is 0 Å². The maximum absolute atomic E-state index is 13.0. The monoisotopic (exact) mass is 530 g/mol. The van der Waals surface area contributed by atoms with Crippen molar-refractivity contribution in [3.8, 4) is 5.75 Å². The highest BCUT2D eigenvalue weighted by atomic mass is 32.2. The van der Waals surface area contributed by atoms with Crippen LogP contribution in [0.15, 0.2) is 34.7 Å². The molecule has 0 radical (unpaired) electrons. The molecule has 0 aliphatic heterocycles. The highest BCUT2D eigenvalue weighted by molar-refractivity contribution is 7.61. The van der Waals surface area contributed by atoms with E-state index in [1.165, 1.54) is 96.0 Å². The van der Waals surface area contributed by atoms with E-state index in [0.29, 0.717) is 17.3 Å². The van der Waals surface area contributed by atoms with E-state index >= 15 is 0 Å². The third-order valence-electron chi connectivity index (χ3n) is 7.09. The van der Waals surface area contributed by atoms with E-state index in [1.807, 2.05) is 0 Å². The van der Waals surface area contributed by atoms with Gasteiger partial charge in [0.15, 0.2) is 0 Å². The smallest absolute Gasteiger partial charge is 0.316 e. The molecule has 37 heavy (non-hydrogen) atoms. The summed E-state index contributed by atoms with van der Waals surface area (Å²) in [5, 5.41) is 11.6. The second kappa shape index (κ2) is 17.9. The van der Waals surface area contributed by atoms with Crippen LogP contribution in [0.5, 0.6) is 5.75 Å². The van der Waals surface area contributed by atoms with Crippen molar-refractivity contribution in [1.82, 2.24) is 4.90 Å². The number of amides is 1. The Labute approximate surface area is 225 Å². The minimum atomic E-state index is -2.66. The number of phenolic OH excluding ortho intramolecular Hbond substituents is 1. The Bertz CT molecular complexity index is 1090. The van der Waals surface area contributed by atoms with E-state index in [0.717, 1.165) is 12.8 Å². The minimum Gasteiger partial charge on any atom is -0.506 e. The van der Waals surface area contributed by atoms with E-state index in [4.69, 9.17) is 0 Å². The molecule has 1 amide bonds. The van der Waals surface area contributed by atoms with Crippen molar-refractivity contribution >= 4 is 32.9 Å². The Hall–Kier alpha value is -2.41. The first-order chi connectivity index (χ1) is 18.0. The van der Waals surface area contributed by atoms with Crippen molar-refractivity contribution in [2.24, 2.45) is 4.36 Å². The van der Waals surface area contributed by atoms with E-state index in [9.17, 15) is 18.3 Å². The van der Waals surface area contributed by atoms with Gasteiger partial charge in [-0.05, 0) is 12.5 Å². The van der Waals surface area contributed by atoms with Crippen LogP contribution in [0.1, 0.15) is 120 Å². The highest BCUT2D eigenvalue weighted by Gasteiger charge is 2.20. The van der Waals surface area contributed by atoms with Crippen LogP contribution >= 0.6 is 0 Å². The SMILES string of the molecule is CCCCCCCCCCCCCCCCCCN(C)C(=O)c1cc(N=S(=O)=O)c2ccccc2c1O. The number of unbranched alkanes of at least 4 members (excludes halogenated alkanes) is 15. The van der Waals surface area contributed by atoms with E-state index in [2.05, 4.69) is 11.3 Å². The largest absolute Gasteiger partial charge is 0.506 e. The summed E-state index contributed by atoms with van der Waals surface area (Å²) in [6.45, 7) is 2.85. The van der Waals surface area contributed by atoms with Gasteiger partial charge < -0.3 is 10.0 Å². The maximum atomic E-state index is 13.0. The molecular weight excluding hydrogens is 484 g/mol. The molecule has 7 heteroatoms. The fourth-order valence-corrected chi connectivity index (χ4v) is 5.18. The Morgan fingerprint density at radius 3 is 1.73 bits per heavy atom. The Morgan fingerprint density at radius 2 is 1.24 bits per heavy atom. The Kier molecular flexibility index (Phi) is 14.9. The average molecular weight is 531 g/mol. The summed E-state index contributed by atoms with van der Waals surface area (Å²) in [7, 11) is -0.945. The minimum absolute atomic E-state index is 0.0712. The standard InChI is InChI=1S/C30H46N2O4S/c1-3-4-5-6-7-8-9-10-11-12-13-14-15-16-17-20-23-32(2)30(34)27-24-28(31-37(35)36)25-21-18-19-22-26(25)29(27)33/h18-19,21-22,24,33H,3-17,20,23H2,1-2H3. The molecule has 0 saturated heterocycles. The molecule has 0 fully saturated rings. The fraction of sp³-hybridized carbons (Fsp3) is 0.633. The molecule has 0 atom stereocenters. The Morgan fingerprint density at radius 1 is 0.784 bits per heavy atom. The third-order valence-corrected chi connectivity index (χ3v) is 7.44. The first-order valence-electron chi connectivity index (χ1n) is 14.3. The number of rotatable bonds is 19. The molecule has 0 bridgehead atoms. The van der Waals surface area contributed by atoms with Crippen molar-refractivity contribution < 1.29 is 18.3 Å². The maximum Gasteiger partial charge on any atom is 0.316 e. The number of nitrogens with zero attached hydrogens (tertiary/aromatic N) is 2. The third kappa shape index (κ3) is 11.2. The first-order valence-corrected chi connectivity index (χ1v) is 15.3. The van der Waals surface area contributed by atoms with Crippen molar-refractivity contribution in [2.75, 3.05) is 13.6 Å². The molecular formula is C30H46N2O4S. The van der Waals surface area contributed by atoms with Gasteiger partial charge in [-0.15, -0.1) is 4.36 Å². The molecule has 2 aromatic carbocycles. The van der Waals surface area contributed by atoms with Crippen LogP contribution < -0.4 is 0 Å². The summed E-state index contributed by atoms with van der Waals surface area (Å²) in [5.41, 5.74) is 0.225. The van der Waals surface area contributed by atoms with E-state index < -0.39 is 10.5 Å². The molecule has 0 saturated carbocycles. The molecule has 206 valence electrons. The summed E-state index contributed by atoms with van der Waals surface area (Å²) < 4.78 is 25.9. The summed E-state index contributed by atoms with van der Waals surface area (Å²) >= 11 is 0. The van der Waals surface area contributed by atoms with Gasteiger partial charge in [0.1, 0.15) is 5.75 Å².